The Kier molecular flexibility index (Phi) is 5.03. The molecule has 6 nitrogen and oxygen atoms in total. The highest BCUT2D eigenvalue weighted by Gasteiger charge is 2.39. The largest absolute Gasteiger partial charge is 0.356 e. The van der Waals surface area contributed by atoms with Crippen LogP contribution in [0.3, 0.4) is 0 Å². The number of halogens is 2. The van der Waals surface area contributed by atoms with Gasteiger partial charge in [-0.3, -0.25) is 4.79 Å². The minimum Gasteiger partial charge on any atom is -0.356 e. The second-order valence-corrected chi connectivity index (χ2v) is 10.3. The van der Waals surface area contributed by atoms with Crippen molar-refractivity contribution in [2.75, 3.05) is 0 Å². The molecule has 0 bridgehead atoms. The SMILES string of the molecule is C#CC(=O)N1[C@@H](c2ccc(S(=O)(=O)NC3CC3)cc2F)c2[nH]c3ccc(F)cc3c2C[C@@H]1C. The number of hydrogen-bond acceptors (Lipinski definition) is 3. The summed E-state index contributed by atoms with van der Waals surface area (Å²) in [6.45, 7) is 1.79. The fourth-order valence-corrected chi connectivity index (χ4v) is 5.88. The normalized spacial score (nSPS) is 20.5. The number of terminal acetylenes is 1. The number of hydrogen-bond donors (Lipinski definition) is 2. The van der Waals surface area contributed by atoms with Crippen LogP contribution in [0.2, 0.25) is 0 Å². The molecule has 1 amide bonds. The first kappa shape index (κ1) is 21.6. The van der Waals surface area contributed by atoms with Gasteiger partial charge in [-0.15, -0.1) is 6.42 Å². The second kappa shape index (κ2) is 7.68. The third kappa shape index (κ3) is 3.69. The summed E-state index contributed by atoms with van der Waals surface area (Å²) in [5, 5.41) is 0.655. The Morgan fingerprint density at radius 2 is 1.97 bits per heavy atom. The Morgan fingerprint density at radius 1 is 1.21 bits per heavy atom. The monoisotopic (exact) mass is 469 g/mol. The molecule has 0 saturated heterocycles. The molecule has 3 aromatic rings. The summed E-state index contributed by atoms with van der Waals surface area (Å²) in [5.41, 5.74) is 2.06. The fourth-order valence-electron chi connectivity index (χ4n) is 4.56. The zero-order chi connectivity index (χ0) is 23.5. The van der Waals surface area contributed by atoms with E-state index in [-0.39, 0.29) is 16.5 Å². The summed E-state index contributed by atoms with van der Waals surface area (Å²) in [4.78, 5) is 17.1. The number of aromatic nitrogens is 1. The third-order valence-electron chi connectivity index (χ3n) is 6.26. The van der Waals surface area contributed by atoms with Crippen molar-refractivity contribution in [1.29, 1.82) is 0 Å². The fraction of sp³-hybridized carbons (Fsp3) is 0.292. The summed E-state index contributed by atoms with van der Waals surface area (Å²) in [6.07, 6.45) is 7.33. The van der Waals surface area contributed by atoms with Crippen LogP contribution in [0, 0.1) is 24.0 Å². The number of benzene rings is 2. The van der Waals surface area contributed by atoms with Crippen LogP contribution in [0.4, 0.5) is 8.78 Å². The van der Waals surface area contributed by atoms with E-state index in [0.717, 1.165) is 24.5 Å². The highest BCUT2D eigenvalue weighted by molar-refractivity contribution is 7.89. The Hall–Kier alpha value is -3.22. The molecule has 1 aliphatic heterocycles. The van der Waals surface area contributed by atoms with Gasteiger partial charge in [0.05, 0.1) is 4.90 Å². The van der Waals surface area contributed by atoms with E-state index in [0.29, 0.717) is 23.0 Å². The zero-order valence-electron chi connectivity index (χ0n) is 17.7. The lowest BCUT2D eigenvalue weighted by molar-refractivity contribution is -0.129. The number of amides is 1. The van der Waals surface area contributed by atoms with Crippen LogP contribution in [-0.4, -0.2) is 36.3 Å². The number of fused-ring (bicyclic) bond motifs is 3. The Balaban J connectivity index is 1.67. The lowest BCUT2D eigenvalue weighted by Gasteiger charge is -2.40. The third-order valence-corrected chi connectivity index (χ3v) is 7.78. The molecule has 1 aromatic heterocycles. The van der Waals surface area contributed by atoms with Gasteiger partial charge in [-0.1, -0.05) is 6.07 Å². The molecule has 1 saturated carbocycles. The van der Waals surface area contributed by atoms with Crippen molar-refractivity contribution < 1.29 is 22.0 Å². The number of sulfonamides is 1. The number of rotatable bonds is 4. The molecular weight excluding hydrogens is 448 g/mol. The average molecular weight is 470 g/mol. The first-order valence-electron chi connectivity index (χ1n) is 10.6. The summed E-state index contributed by atoms with van der Waals surface area (Å²) < 4.78 is 57.0. The molecule has 2 aromatic carbocycles. The molecule has 1 fully saturated rings. The lowest BCUT2D eigenvalue weighted by Crippen LogP contribution is -2.46. The second-order valence-electron chi connectivity index (χ2n) is 8.60. The van der Waals surface area contributed by atoms with Gasteiger partial charge in [0.25, 0.3) is 5.91 Å². The van der Waals surface area contributed by atoms with E-state index in [4.69, 9.17) is 6.42 Å². The number of carbonyl (C=O) groups excluding carboxylic acids is 1. The minimum absolute atomic E-state index is 0.101. The topological polar surface area (TPSA) is 82.3 Å². The smallest absolute Gasteiger partial charge is 0.299 e. The van der Waals surface area contributed by atoms with Gasteiger partial charge in [0.2, 0.25) is 10.0 Å². The molecule has 2 heterocycles. The maximum atomic E-state index is 15.4. The number of H-pyrrole nitrogens is 1. The van der Waals surface area contributed by atoms with Gasteiger partial charge in [0, 0.05) is 34.2 Å². The van der Waals surface area contributed by atoms with Crippen LogP contribution in [0.5, 0.6) is 0 Å². The molecule has 2 aliphatic rings. The standard InChI is InChI=1S/C24H21F2N3O3S/c1-3-22(30)29-13(2)10-19-18-11-14(25)4-9-21(18)27-23(19)24(29)17-8-7-16(12-20(17)26)33(31,32)28-15-5-6-15/h1,4,7-9,11-13,15,24,27-28H,5-6,10H2,2H3/t13-,24-/m0/s1. The molecule has 1 aliphatic carbocycles. The van der Waals surface area contributed by atoms with Crippen molar-refractivity contribution in [2.24, 2.45) is 0 Å². The Labute approximate surface area is 190 Å². The Morgan fingerprint density at radius 3 is 2.64 bits per heavy atom. The van der Waals surface area contributed by atoms with E-state index in [9.17, 15) is 17.6 Å². The quantitative estimate of drug-likeness (QED) is 0.575. The molecule has 0 radical (unpaired) electrons. The Bertz CT molecular complexity index is 1440. The van der Waals surface area contributed by atoms with Crippen LogP contribution < -0.4 is 4.72 Å². The van der Waals surface area contributed by atoms with Crippen molar-refractivity contribution in [2.45, 2.75) is 49.2 Å². The molecule has 5 rings (SSSR count). The minimum atomic E-state index is -3.85. The van der Waals surface area contributed by atoms with E-state index in [1.807, 2.05) is 0 Å². The molecule has 0 spiro atoms. The molecule has 170 valence electrons. The van der Waals surface area contributed by atoms with Gasteiger partial charge in [-0.25, -0.2) is 21.9 Å². The predicted molar refractivity (Wildman–Crippen MR) is 119 cm³/mol. The van der Waals surface area contributed by atoms with Gasteiger partial charge in [-0.05, 0) is 68.0 Å². The maximum Gasteiger partial charge on any atom is 0.299 e. The van der Waals surface area contributed by atoms with E-state index < -0.39 is 39.6 Å². The lowest BCUT2D eigenvalue weighted by atomic mass is 9.88. The summed E-state index contributed by atoms with van der Waals surface area (Å²) in [5.74, 6) is 0.308. The van der Waals surface area contributed by atoms with Gasteiger partial charge < -0.3 is 9.88 Å². The number of nitrogens with one attached hydrogen (secondary N) is 2. The zero-order valence-corrected chi connectivity index (χ0v) is 18.5. The molecule has 9 heteroatoms. The van der Waals surface area contributed by atoms with Crippen molar-refractivity contribution in [3.63, 3.8) is 0 Å². The summed E-state index contributed by atoms with van der Waals surface area (Å²) in [7, 11) is -3.85. The van der Waals surface area contributed by atoms with Crippen LogP contribution >= 0.6 is 0 Å². The summed E-state index contributed by atoms with van der Waals surface area (Å²) in [6, 6.07) is 6.53. The molecule has 2 atom stereocenters. The predicted octanol–water partition coefficient (Wildman–Crippen LogP) is 3.38. The summed E-state index contributed by atoms with van der Waals surface area (Å²) >= 11 is 0. The van der Waals surface area contributed by atoms with Crippen molar-refractivity contribution in [3.05, 3.63) is 64.9 Å². The number of carbonyl (C=O) groups is 1. The van der Waals surface area contributed by atoms with E-state index in [2.05, 4.69) is 15.6 Å². The van der Waals surface area contributed by atoms with Gasteiger partial charge >= 0.3 is 0 Å². The maximum absolute atomic E-state index is 15.4. The van der Waals surface area contributed by atoms with Crippen LogP contribution in [0.25, 0.3) is 10.9 Å². The van der Waals surface area contributed by atoms with Crippen LogP contribution in [-0.2, 0) is 21.2 Å². The van der Waals surface area contributed by atoms with E-state index in [1.165, 1.54) is 29.2 Å². The van der Waals surface area contributed by atoms with Crippen molar-refractivity contribution >= 4 is 26.8 Å². The highest BCUT2D eigenvalue weighted by atomic mass is 32.2. The van der Waals surface area contributed by atoms with E-state index >= 15 is 4.39 Å². The number of aromatic amines is 1. The first-order valence-corrected chi connectivity index (χ1v) is 12.1. The van der Waals surface area contributed by atoms with Crippen LogP contribution in [0.15, 0.2) is 41.3 Å². The van der Waals surface area contributed by atoms with Gasteiger partial charge in [-0.2, -0.15) is 0 Å². The number of nitrogens with zero attached hydrogens (tertiary/aromatic N) is 1. The van der Waals surface area contributed by atoms with Gasteiger partial charge in [0.15, 0.2) is 0 Å². The van der Waals surface area contributed by atoms with Crippen LogP contribution in [0.1, 0.15) is 42.6 Å². The molecule has 2 N–H and O–H groups in total. The molecule has 0 unspecified atom stereocenters. The molecule has 33 heavy (non-hydrogen) atoms. The average Bonchev–Trinajstić information content (AvgIpc) is 3.51. The highest BCUT2D eigenvalue weighted by Crippen LogP contribution is 2.42. The van der Waals surface area contributed by atoms with Gasteiger partial charge in [0.1, 0.15) is 17.7 Å². The first-order chi connectivity index (χ1) is 15.7. The van der Waals surface area contributed by atoms with Crippen molar-refractivity contribution in [1.82, 2.24) is 14.6 Å². The van der Waals surface area contributed by atoms with E-state index in [1.54, 1.807) is 13.0 Å². The molecular formula is C24H21F2N3O3S. The van der Waals surface area contributed by atoms with Crippen molar-refractivity contribution in [3.8, 4) is 12.3 Å².